The first kappa shape index (κ1) is 15.1. The third kappa shape index (κ3) is 3.85. The quantitative estimate of drug-likeness (QED) is 0.557. The van der Waals surface area contributed by atoms with Crippen molar-refractivity contribution in [3.63, 3.8) is 0 Å². The molecule has 0 atom stereocenters. The Morgan fingerprint density at radius 1 is 1.10 bits per heavy atom. The van der Waals surface area contributed by atoms with Gasteiger partial charge < -0.3 is 0 Å². The number of hydrogen-bond acceptors (Lipinski definition) is 3. The van der Waals surface area contributed by atoms with Gasteiger partial charge in [-0.1, -0.05) is 0 Å². The molecule has 0 bridgehead atoms. The molecule has 0 aliphatic carbocycles. The van der Waals surface area contributed by atoms with Gasteiger partial charge in [0.05, 0.1) is 0 Å². The molecule has 0 amide bonds. The molecular weight excluding hydrogens is 371 g/mol. The first-order valence-electron chi connectivity index (χ1n) is 6.38. The molecule has 4 heteroatoms. The second kappa shape index (κ2) is 5.99. The summed E-state index contributed by atoms with van der Waals surface area (Å²) in [6, 6.07) is 8.25. The van der Waals surface area contributed by atoms with Crippen molar-refractivity contribution in [1.82, 2.24) is 4.98 Å². The molecule has 1 aromatic carbocycles. The number of benzene rings is 1. The van der Waals surface area contributed by atoms with Gasteiger partial charge in [0, 0.05) is 0 Å². The Bertz CT molecular complexity index is 736. The molecule has 0 fully saturated rings. The van der Waals surface area contributed by atoms with Crippen molar-refractivity contribution in [2.75, 3.05) is 0 Å². The van der Waals surface area contributed by atoms with E-state index in [0.29, 0.717) is 5.56 Å². The number of aromatic nitrogens is 1. The first-order chi connectivity index (χ1) is 9.38. The van der Waals surface area contributed by atoms with Gasteiger partial charge >= 0.3 is 129 Å². The molecule has 2 rings (SSSR count). The summed E-state index contributed by atoms with van der Waals surface area (Å²) in [4.78, 5) is 11.4. The molecule has 0 aliphatic rings. The summed E-state index contributed by atoms with van der Waals surface area (Å²) in [5.74, 6) is 6.21. The van der Waals surface area contributed by atoms with Crippen LogP contribution in [0.5, 0.6) is 0 Å². The predicted molar refractivity (Wildman–Crippen MR) is 87.0 cm³/mol. The van der Waals surface area contributed by atoms with Crippen molar-refractivity contribution in [2.24, 2.45) is 0 Å². The van der Waals surface area contributed by atoms with Gasteiger partial charge in [0.25, 0.3) is 0 Å². The summed E-state index contributed by atoms with van der Waals surface area (Å²) in [5, 5.41) is 12.1. The molecule has 1 heterocycles. The van der Waals surface area contributed by atoms with E-state index in [4.69, 9.17) is 5.26 Å². The molecule has 20 heavy (non-hydrogen) atoms. The summed E-state index contributed by atoms with van der Waals surface area (Å²) < 4.78 is 1.33. The second-order valence-corrected chi connectivity index (χ2v) is 21.2. The molecular formula is C16H16N2SSn. The average Bonchev–Trinajstić information content (AvgIpc) is 2.81. The van der Waals surface area contributed by atoms with E-state index in [1.54, 1.807) is 11.3 Å². The number of aryl methyl sites for hydroxylation is 1. The minimum atomic E-state index is -2.19. The van der Waals surface area contributed by atoms with Crippen LogP contribution in [-0.4, -0.2) is 23.4 Å². The Kier molecular flexibility index (Phi) is 4.52. The first-order valence-corrected chi connectivity index (χ1v) is 17.3. The van der Waals surface area contributed by atoms with Crippen LogP contribution in [0.2, 0.25) is 14.8 Å². The Labute approximate surface area is 128 Å². The van der Waals surface area contributed by atoms with Gasteiger partial charge in [-0.2, -0.15) is 0 Å². The molecule has 2 nitrogen and oxygen atoms in total. The van der Waals surface area contributed by atoms with Crippen molar-refractivity contribution in [3.8, 4) is 17.9 Å². The topological polar surface area (TPSA) is 36.7 Å². The Balaban J connectivity index is 2.43. The van der Waals surface area contributed by atoms with Crippen LogP contribution in [0.25, 0.3) is 0 Å². The minimum absolute atomic E-state index is 0.702. The van der Waals surface area contributed by atoms with Gasteiger partial charge in [0.2, 0.25) is 0 Å². The Morgan fingerprint density at radius 2 is 1.80 bits per heavy atom. The molecule has 1 aromatic heterocycles. The number of nitrogens with zero attached hydrogens (tertiary/aromatic N) is 2. The number of nitriles is 1. The van der Waals surface area contributed by atoms with Crippen molar-refractivity contribution in [1.29, 1.82) is 5.26 Å². The average molecular weight is 387 g/mol. The maximum atomic E-state index is 9.16. The number of hydrogen-bond donors (Lipinski definition) is 0. The molecule has 100 valence electrons. The van der Waals surface area contributed by atoms with Crippen LogP contribution < -0.4 is 3.58 Å². The summed E-state index contributed by atoms with van der Waals surface area (Å²) in [7, 11) is 0. The fourth-order valence-corrected chi connectivity index (χ4v) is 5.66. The van der Waals surface area contributed by atoms with Crippen LogP contribution in [0.3, 0.4) is 0 Å². The molecule has 0 saturated carbocycles. The van der Waals surface area contributed by atoms with Crippen LogP contribution in [0.15, 0.2) is 23.6 Å². The Morgan fingerprint density at radius 3 is 2.35 bits per heavy atom. The molecule has 0 aliphatic heterocycles. The van der Waals surface area contributed by atoms with Crippen molar-refractivity contribution in [3.05, 3.63) is 45.4 Å². The fourth-order valence-electron chi connectivity index (χ4n) is 1.75. The van der Waals surface area contributed by atoms with E-state index in [0.717, 1.165) is 16.3 Å². The van der Waals surface area contributed by atoms with Gasteiger partial charge in [-0.25, -0.2) is 0 Å². The molecule has 0 radical (unpaired) electrons. The third-order valence-electron chi connectivity index (χ3n) is 2.88. The van der Waals surface area contributed by atoms with E-state index in [9.17, 15) is 0 Å². The van der Waals surface area contributed by atoms with E-state index in [2.05, 4.69) is 43.8 Å². The van der Waals surface area contributed by atoms with E-state index >= 15 is 0 Å². The molecule has 0 N–H and O–H groups in total. The Hall–Kier alpha value is -1.30. The van der Waals surface area contributed by atoms with Gasteiger partial charge in [-0.15, -0.1) is 0 Å². The molecule has 0 unspecified atom stereocenters. The van der Waals surface area contributed by atoms with Gasteiger partial charge in [0.15, 0.2) is 0 Å². The zero-order valence-electron chi connectivity index (χ0n) is 12.1. The monoisotopic (exact) mass is 388 g/mol. The second-order valence-electron chi connectivity index (χ2n) is 5.66. The van der Waals surface area contributed by atoms with E-state index in [1.165, 1.54) is 3.58 Å². The van der Waals surface area contributed by atoms with Gasteiger partial charge in [-0.05, 0) is 0 Å². The van der Waals surface area contributed by atoms with Crippen LogP contribution in [0.4, 0.5) is 0 Å². The van der Waals surface area contributed by atoms with Crippen LogP contribution >= 0.6 is 11.3 Å². The van der Waals surface area contributed by atoms with Crippen molar-refractivity contribution >= 4 is 33.3 Å². The SMILES string of the molecule is Cc1nc(C#Cc2cc(C#N)c[c]([Sn]([CH3])([CH3])[CH3])c2)cs1. The number of thiazole rings is 1. The summed E-state index contributed by atoms with van der Waals surface area (Å²) in [5.41, 5.74) is 2.42. The van der Waals surface area contributed by atoms with Gasteiger partial charge in [0.1, 0.15) is 0 Å². The molecule has 0 spiro atoms. The molecule has 0 saturated heterocycles. The zero-order valence-corrected chi connectivity index (χ0v) is 15.8. The standard InChI is InChI=1S/C13H7N2S.3CH3.Sn/c1-10-15-13(9-16-10)6-5-11-3-2-4-12(7-11)8-14;;;;/h3-4,7,9H,1H3;3*1H3;. The molecule has 2 aromatic rings. The van der Waals surface area contributed by atoms with Gasteiger partial charge in [-0.3, -0.25) is 0 Å². The summed E-state index contributed by atoms with van der Waals surface area (Å²) in [6.45, 7) is 1.97. The normalized spacial score (nSPS) is 10.6. The summed E-state index contributed by atoms with van der Waals surface area (Å²) >= 11 is -0.592. The maximum absolute atomic E-state index is 9.16. The van der Waals surface area contributed by atoms with E-state index in [1.807, 2.05) is 24.4 Å². The predicted octanol–water partition coefficient (Wildman–Crippen LogP) is 3.27. The van der Waals surface area contributed by atoms with Crippen LogP contribution in [0.1, 0.15) is 21.8 Å². The third-order valence-corrected chi connectivity index (χ3v) is 9.42. The van der Waals surface area contributed by atoms with Crippen LogP contribution in [-0.2, 0) is 0 Å². The van der Waals surface area contributed by atoms with Crippen molar-refractivity contribution < 1.29 is 0 Å². The fraction of sp³-hybridized carbons (Fsp3) is 0.250. The van der Waals surface area contributed by atoms with E-state index < -0.39 is 18.4 Å². The number of rotatable bonds is 1. The van der Waals surface area contributed by atoms with E-state index in [-0.39, 0.29) is 0 Å². The van der Waals surface area contributed by atoms with Crippen molar-refractivity contribution in [2.45, 2.75) is 21.7 Å². The summed E-state index contributed by atoms with van der Waals surface area (Å²) in [6.07, 6.45) is 0. The van der Waals surface area contributed by atoms with Crippen LogP contribution in [0, 0.1) is 30.1 Å². The zero-order chi connectivity index (χ0) is 14.8.